The molecule has 0 unspecified atom stereocenters. The van der Waals surface area contributed by atoms with Crippen molar-refractivity contribution in [3.05, 3.63) is 35.4 Å². The zero-order valence-corrected chi connectivity index (χ0v) is 11.4. The van der Waals surface area contributed by atoms with Gasteiger partial charge >= 0.3 is 5.97 Å². The lowest BCUT2D eigenvalue weighted by atomic mass is 10.3. The Kier molecular flexibility index (Phi) is 3.59. The number of nitrogens with zero attached hydrogens (tertiary/aromatic N) is 3. The van der Waals surface area contributed by atoms with Gasteiger partial charge in [0.1, 0.15) is 5.69 Å². The standard InChI is InChI=1S/C13H18N4O2/c1-4-10-6-11(16(2)15-10)8-17-7-9(14)5-12(17)13(18)19-3/h5-7H,4,8,14H2,1-3H3. The third-order valence-corrected chi connectivity index (χ3v) is 3.03. The van der Waals surface area contributed by atoms with Gasteiger partial charge in [-0.2, -0.15) is 5.10 Å². The van der Waals surface area contributed by atoms with Gasteiger partial charge in [-0.15, -0.1) is 0 Å². The van der Waals surface area contributed by atoms with E-state index in [0.717, 1.165) is 17.8 Å². The van der Waals surface area contributed by atoms with Gasteiger partial charge in [-0.3, -0.25) is 4.68 Å². The Morgan fingerprint density at radius 3 is 2.79 bits per heavy atom. The van der Waals surface area contributed by atoms with Crippen LogP contribution in [0.5, 0.6) is 0 Å². The van der Waals surface area contributed by atoms with E-state index in [9.17, 15) is 4.79 Å². The molecule has 102 valence electrons. The lowest BCUT2D eigenvalue weighted by Gasteiger charge is -2.07. The van der Waals surface area contributed by atoms with Crippen LogP contribution in [0.3, 0.4) is 0 Å². The smallest absolute Gasteiger partial charge is 0.354 e. The number of hydrogen-bond donors (Lipinski definition) is 1. The molecule has 2 aromatic heterocycles. The van der Waals surface area contributed by atoms with E-state index in [2.05, 4.69) is 12.0 Å². The van der Waals surface area contributed by atoms with Crippen molar-refractivity contribution < 1.29 is 9.53 Å². The summed E-state index contributed by atoms with van der Waals surface area (Å²) in [4.78, 5) is 11.7. The van der Waals surface area contributed by atoms with Crippen LogP contribution in [0.2, 0.25) is 0 Å². The van der Waals surface area contributed by atoms with E-state index in [4.69, 9.17) is 10.5 Å². The van der Waals surface area contributed by atoms with Gasteiger partial charge in [0.2, 0.25) is 0 Å². The molecule has 0 atom stereocenters. The molecule has 2 heterocycles. The Bertz CT molecular complexity index is 598. The van der Waals surface area contributed by atoms with Crippen molar-refractivity contribution in [2.45, 2.75) is 19.9 Å². The van der Waals surface area contributed by atoms with Gasteiger partial charge in [0.25, 0.3) is 0 Å². The van der Waals surface area contributed by atoms with Gasteiger partial charge < -0.3 is 15.0 Å². The Labute approximate surface area is 111 Å². The fourth-order valence-electron chi connectivity index (χ4n) is 2.01. The van der Waals surface area contributed by atoms with Crippen molar-refractivity contribution in [2.75, 3.05) is 12.8 Å². The van der Waals surface area contributed by atoms with Crippen LogP contribution in [0, 0.1) is 0 Å². The minimum absolute atomic E-state index is 0.394. The molecule has 0 spiro atoms. The number of ether oxygens (including phenoxy) is 1. The molecule has 0 aliphatic rings. The molecule has 0 aromatic carbocycles. The van der Waals surface area contributed by atoms with Crippen molar-refractivity contribution in [3.63, 3.8) is 0 Å². The second kappa shape index (κ2) is 5.17. The molecule has 2 N–H and O–H groups in total. The number of carbonyl (C=O) groups is 1. The first kappa shape index (κ1) is 13.2. The predicted molar refractivity (Wildman–Crippen MR) is 71.9 cm³/mol. The topological polar surface area (TPSA) is 75.1 Å². The molecule has 0 saturated heterocycles. The zero-order chi connectivity index (χ0) is 14.0. The molecule has 0 aliphatic heterocycles. The number of hydrogen-bond acceptors (Lipinski definition) is 4. The molecular formula is C13H18N4O2. The largest absolute Gasteiger partial charge is 0.464 e. The van der Waals surface area contributed by atoms with Crippen molar-refractivity contribution in [2.24, 2.45) is 7.05 Å². The Morgan fingerprint density at radius 1 is 1.47 bits per heavy atom. The molecule has 0 fully saturated rings. The lowest BCUT2D eigenvalue weighted by Crippen LogP contribution is -2.12. The first-order valence-electron chi connectivity index (χ1n) is 6.11. The molecule has 0 bridgehead atoms. The fourth-order valence-corrected chi connectivity index (χ4v) is 2.01. The number of rotatable bonds is 4. The van der Waals surface area contributed by atoms with Crippen molar-refractivity contribution >= 4 is 11.7 Å². The van der Waals surface area contributed by atoms with E-state index in [1.54, 1.807) is 16.8 Å². The first-order chi connectivity index (χ1) is 9.05. The van der Waals surface area contributed by atoms with Crippen molar-refractivity contribution in [1.29, 1.82) is 0 Å². The highest BCUT2D eigenvalue weighted by Crippen LogP contribution is 2.15. The molecule has 2 rings (SSSR count). The van der Waals surface area contributed by atoms with Gasteiger partial charge in [0.15, 0.2) is 0 Å². The maximum atomic E-state index is 11.7. The summed E-state index contributed by atoms with van der Waals surface area (Å²) in [6.45, 7) is 2.59. The number of methoxy groups -OCH3 is 1. The summed E-state index contributed by atoms with van der Waals surface area (Å²) in [5.74, 6) is -0.394. The van der Waals surface area contributed by atoms with E-state index in [-0.39, 0.29) is 0 Å². The van der Waals surface area contributed by atoms with Crippen molar-refractivity contribution in [1.82, 2.24) is 14.3 Å². The summed E-state index contributed by atoms with van der Waals surface area (Å²) in [6, 6.07) is 3.64. The van der Waals surface area contributed by atoms with E-state index in [1.165, 1.54) is 7.11 Å². The minimum atomic E-state index is -0.394. The van der Waals surface area contributed by atoms with E-state index in [1.807, 2.05) is 17.8 Å². The van der Waals surface area contributed by atoms with Crippen LogP contribution >= 0.6 is 0 Å². The highest BCUT2D eigenvalue weighted by Gasteiger charge is 2.14. The number of nitrogen functional groups attached to an aromatic ring is 1. The van der Waals surface area contributed by atoms with Gasteiger partial charge in [0, 0.05) is 13.2 Å². The molecule has 6 heteroatoms. The van der Waals surface area contributed by atoms with Crippen LogP contribution in [0.4, 0.5) is 5.69 Å². The summed E-state index contributed by atoms with van der Waals surface area (Å²) in [7, 11) is 3.24. The van der Waals surface area contributed by atoms with Gasteiger partial charge in [-0.05, 0) is 18.6 Å². The van der Waals surface area contributed by atoms with Crippen LogP contribution in [-0.4, -0.2) is 27.4 Å². The Hall–Kier alpha value is -2.24. The summed E-state index contributed by atoms with van der Waals surface area (Å²) < 4.78 is 8.34. The third kappa shape index (κ3) is 2.62. The average Bonchev–Trinajstić information content (AvgIpc) is 2.93. The molecule has 0 aliphatic carbocycles. The maximum absolute atomic E-state index is 11.7. The molecule has 2 aromatic rings. The van der Waals surface area contributed by atoms with E-state index >= 15 is 0 Å². The SMILES string of the molecule is CCc1cc(Cn2cc(N)cc2C(=O)OC)n(C)n1. The Balaban J connectivity index is 2.32. The quantitative estimate of drug-likeness (QED) is 0.840. The highest BCUT2D eigenvalue weighted by atomic mass is 16.5. The van der Waals surface area contributed by atoms with Gasteiger partial charge in [-0.25, -0.2) is 4.79 Å². The van der Waals surface area contributed by atoms with E-state index < -0.39 is 5.97 Å². The second-order valence-corrected chi connectivity index (χ2v) is 4.38. The fraction of sp³-hybridized carbons (Fsp3) is 0.385. The maximum Gasteiger partial charge on any atom is 0.354 e. The van der Waals surface area contributed by atoms with Crippen LogP contribution in [0.15, 0.2) is 18.3 Å². The summed E-state index contributed by atoms with van der Waals surface area (Å²) >= 11 is 0. The van der Waals surface area contributed by atoms with Crippen LogP contribution in [-0.2, 0) is 24.8 Å². The van der Waals surface area contributed by atoms with Crippen LogP contribution in [0.1, 0.15) is 28.8 Å². The first-order valence-corrected chi connectivity index (χ1v) is 6.11. The molecule has 6 nitrogen and oxygen atoms in total. The number of carbonyl (C=O) groups excluding carboxylic acids is 1. The van der Waals surface area contributed by atoms with Crippen molar-refractivity contribution in [3.8, 4) is 0 Å². The second-order valence-electron chi connectivity index (χ2n) is 4.38. The summed E-state index contributed by atoms with van der Waals surface area (Å²) in [5, 5.41) is 4.38. The molecule has 0 saturated carbocycles. The highest BCUT2D eigenvalue weighted by molar-refractivity contribution is 5.89. The lowest BCUT2D eigenvalue weighted by molar-refractivity contribution is 0.0589. The minimum Gasteiger partial charge on any atom is -0.464 e. The number of anilines is 1. The van der Waals surface area contributed by atoms with E-state index in [0.29, 0.717) is 17.9 Å². The normalized spacial score (nSPS) is 10.7. The third-order valence-electron chi connectivity index (χ3n) is 3.03. The molecule has 19 heavy (non-hydrogen) atoms. The van der Waals surface area contributed by atoms with Crippen LogP contribution in [0.25, 0.3) is 0 Å². The zero-order valence-electron chi connectivity index (χ0n) is 11.4. The van der Waals surface area contributed by atoms with Crippen LogP contribution < -0.4 is 5.73 Å². The number of aromatic nitrogens is 3. The predicted octanol–water partition coefficient (Wildman–Crippen LogP) is 1.20. The summed E-state index contributed by atoms with van der Waals surface area (Å²) in [5.41, 5.74) is 8.76. The molecular weight excluding hydrogens is 244 g/mol. The average molecular weight is 262 g/mol. The number of nitrogens with two attached hydrogens (primary N) is 1. The Morgan fingerprint density at radius 2 is 2.21 bits per heavy atom. The number of esters is 1. The van der Waals surface area contributed by atoms with Gasteiger partial charge in [-0.1, -0.05) is 6.92 Å². The van der Waals surface area contributed by atoms with Gasteiger partial charge in [0.05, 0.1) is 30.7 Å². The monoisotopic (exact) mass is 262 g/mol. The molecule has 0 radical (unpaired) electrons. The number of aryl methyl sites for hydroxylation is 2. The molecule has 0 amide bonds. The summed E-state index contributed by atoms with van der Waals surface area (Å²) in [6.07, 6.45) is 2.61.